The molecule has 1 N–H and O–H groups in total. The van der Waals surface area contributed by atoms with Gasteiger partial charge < -0.3 is 14.5 Å². The third kappa shape index (κ3) is 2.76. The van der Waals surface area contributed by atoms with Crippen molar-refractivity contribution in [1.82, 2.24) is 4.98 Å². The van der Waals surface area contributed by atoms with Gasteiger partial charge in [-0.1, -0.05) is 12.2 Å². The van der Waals surface area contributed by atoms with E-state index < -0.39 is 5.97 Å². The van der Waals surface area contributed by atoms with Crippen molar-refractivity contribution < 1.29 is 14.3 Å². The highest BCUT2D eigenvalue weighted by atomic mass is 32.1. The average molecular weight is 277 g/mol. The van der Waals surface area contributed by atoms with Gasteiger partial charge in [0.05, 0.1) is 28.8 Å². The number of fused-ring (bicyclic) bond motifs is 1. The Hall–Kier alpha value is -1.88. The molecular formula is C14H15NO3S. The number of aromatic amines is 1. The first-order valence-corrected chi connectivity index (χ1v) is 6.53. The maximum Gasteiger partial charge on any atom is 0.341 e. The molecule has 5 heteroatoms. The number of carbonyl (C=O) groups excluding carboxylic acids is 1. The van der Waals surface area contributed by atoms with Gasteiger partial charge in [0.2, 0.25) is 0 Å². The van der Waals surface area contributed by atoms with Gasteiger partial charge in [0.25, 0.3) is 0 Å². The summed E-state index contributed by atoms with van der Waals surface area (Å²) in [6.07, 6.45) is 1.58. The highest BCUT2D eigenvalue weighted by Crippen LogP contribution is 2.22. The minimum absolute atomic E-state index is 0.328. The van der Waals surface area contributed by atoms with Crippen LogP contribution in [0.2, 0.25) is 0 Å². The van der Waals surface area contributed by atoms with Crippen molar-refractivity contribution in [1.29, 1.82) is 0 Å². The maximum absolute atomic E-state index is 11.7. The number of carbonyl (C=O) groups is 1. The molecule has 0 aliphatic carbocycles. The van der Waals surface area contributed by atoms with Gasteiger partial charge in [0.15, 0.2) is 0 Å². The highest BCUT2D eigenvalue weighted by molar-refractivity contribution is 7.71. The maximum atomic E-state index is 11.7. The predicted molar refractivity (Wildman–Crippen MR) is 76.3 cm³/mol. The van der Waals surface area contributed by atoms with Crippen LogP contribution in [0.3, 0.4) is 0 Å². The number of hydrogen-bond donors (Lipinski definition) is 1. The third-order valence-electron chi connectivity index (χ3n) is 2.66. The number of aromatic nitrogens is 1. The van der Waals surface area contributed by atoms with Crippen LogP contribution in [0.25, 0.3) is 10.9 Å². The van der Waals surface area contributed by atoms with E-state index >= 15 is 0 Å². The number of rotatable bonds is 4. The van der Waals surface area contributed by atoms with E-state index in [0.29, 0.717) is 23.3 Å². The Labute approximate surface area is 116 Å². The van der Waals surface area contributed by atoms with E-state index in [1.807, 2.05) is 25.1 Å². The van der Waals surface area contributed by atoms with Gasteiger partial charge in [-0.2, -0.15) is 0 Å². The summed E-state index contributed by atoms with van der Waals surface area (Å²) in [6, 6.07) is 5.55. The van der Waals surface area contributed by atoms with Crippen molar-refractivity contribution >= 4 is 29.1 Å². The van der Waals surface area contributed by atoms with Crippen molar-refractivity contribution in [3.8, 4) is 5.75 Å². The van der Waals surface area contributed by atoms with E-state index in [4.69, 9.17) is 21.7 Å². The Morgan fingerprint density at radius 2 is 2.11 bits per heavy atom. The smallest absolute Gasteiger partial charge is 0.341 e. The molecule has 0 amide bonds. The van der Waals surface area contributed by atoms with Crippen molar-refractivity contribution in [3.05, 3.63) is 34.5 Å². The average Bonchev–Trinajstić information content (AvgIpc) is 2.39. The molecule has 1 aromatic heterocycles. The second-order valence-electron chi connectivity index (χ2n) is 3.89. The van der Waals surface area contributed by atoms with Crippen molar-refractivity contribution in [2.24, 2.45) is 0 Å². The minimum atomic E-state index is -0.403. The second-order valence-corrected chi connectivity index (χ2v) is 4.30. The topological polar surface area (TPSA) is 51.3 Å². The zero-order valence-corrected chi connectivity index (χ0v) is 11.7. The summed E-state index contributed by atoms with van der Waals surface area (Å²) in [7, 11) is 0. The number of H-pyrrole nitrogens is 1. The van der Waals surface area contributed by atoms with Crippen LogP contribution in [0.15, 0.2) is 24.4 Å². The molecule has 0 saturated heterocycles. The summed E-state index contributed by atoms with van der Waals surface area (Å²) < 4.78 is 10.9. The van der Waals surface area contributed by atoms with Crippen molar-refractivity contribution in [2.75, 3.05) is 13.2 Å². The summed E-state index contributed by atoms with van der Waals surface area (Å²) in [4.78, 5) is 14.8. The molecule has 4 nitrogen and oxygen atoms in total. The van der Waals surface area contributed by atoms with E-state index in [1.165, 1.54) is 0 Å². The lowest BCUT2D eigenvalue weighted by Crippen LogP contribution is -2.06. The Morgan fingerprint density at radius 3 is 2.79 bits per heavy atom. The SMILES string of the molecule is CCOC(=O)c1c[nH]c2cc(OCC)ccc2c1=S. The number of esters is 1. The molecule has 0 aliphatic rings. The molecular weight excluding hydrogens is 262 g/mol. The van der Waals surface area contributed by atoms with Crippen LogP contribution in [0.5, 0.6) is 5.75 Å². The Bertz CT molecular complexity index is 663. The first-order chi connectivity index (χ1) is 9.17. The first-order valence-electron chi connectivity index (χ1n) is 6.12. The van der Waals surface area contributed by atoms with Crippen LogP contribution in [0.4, 0.5) is 0 Å². The summed E-state index contributed by atoms with van der Waals surface area (Å²) >= 11 is 5.33. The van der Waals surface area contributed by atoms with Crippen LogP contribution in [0.1, 0.15) is 24.2 Å². The fraction of sp³-hybridized carbons (Fsp3) is 0.286. The van der Waals surface area contributed by atoms with Gasteiger partial charge in [0, 0.05) is 17.6 Å². The van der Waals surface area contributed by atoms with Gasteiger partial charge in [-0.3, -0.25) is 0 Å². The van der Waals surface area contributed by atoms with Crippen LogP contribution in [0, 0.1) is 4.51 Å². The molecule has 1 aromatic carbocycles. The molecule has 0 spiro atoms. The summed E-state index contributed by atoms with van der Waals surface area (Å²) in [5, 5.41) is 0.809. The van der Waals surface area contributed by atoms with Crippen LogP contribution in [-0.4, -0.2) is 24.2 Å². The molecule has 0 bridgehead atoms. The van der Waals surface area contributed by atoms with E-state index in [9.17, 15) is 4.79 Å². The number of pyridine rings is 1. The zero-order valence-electron chi connectivity index (χ0n) is 10.9. The minimum Gasteiger partial charge on any atom is -0.494 e. The molecule has 100 valence electrons. The quantitative estimate of drug-likeness (QED) is 0.686. The lowest BCUT2D eigenvalue weighted by Gasteiger charge is -2.07. The summed E-state index contributed by atoms with van der Waals surface area (Å²) in [6.45, 7) is 4.62. The van der Waals surface area contributed by atoms with Crippen LogP contribution < -0.4 is 4.74 Å². The molecule has 0 unspecified atom stereocenters. The molecule has 0 radical (unpaired) electrons. The van der Waals surface area contributed by atoms with E-state index in [2.05, 4.69) is 4.98 Å². The first kappa shape index (κ1) is 13.5. The molecule has 0 saturated carbocycles. The van der Waals surface area contributed by atoms with Crippen molar-refractivity contribution in [2.45, 2.75) is 13.8 Å². The Balaban J connectivity index is 2.51. The van der Waals surface area contributed by atoms with Crippen LogP contribution in [-0.2, 0) is 4.74 Å². The van der Waals surface area contributed by atoms with Gasteiger partial charge >= 0.3 is 5.97 Å². The molecule has 19 heavy (non-hydrogen) atoms. The molecule has 0 aliphatic heterocycles. The molecule has 0 fully saturated rings. The normalized spacial score (nSPS) is 10.4. The summed E-state index contributed by atoms with van der Waals surface area (Å²) in [5.41, 5.74) is 1.22. The van der Waals surface area contributed by atoms with E-state index in [-0.39, 0.29) is 0 Å². The Morgan fingerprint density at radius 1 is 1.32 bits per heavy atom. The molecule has 1 heterocycles. The van der Waals surface area contributed by atoms with Gasteiger partial charge in [-0.05, 0) is 26.0 Å². The fourth-order valence-corrected chi connectivity index (χ4v) is 2.14. The fourth-order valence-electron chi connectivity index (χ4n) is 1.82. The number of ether oxygens (including phenoxy) is 2. The predicted octanol–water partition coefficient (Wildman–Crippen LogP) is 3.47. The molecule has 2 aromatic rings. The summed E-state index contributed by atoms with van der Waals surface area (Å²) in [5.74, 6) is 0.365. The lowest BCUT2D eigenvalue weighted by molar-refractivity contribution is 0.0525. The van der Waals surface area contributed by atoms with Gasteiger partial charge in [0.1, 0.15) is 5.75 Å². The molecule has 2 rings (SSSR count). The number of hydrogen-bond acceptors (Lipinski definition) is 4. The third-order valence-corrected chi connectivity index (χ3v) is 3.10. The number of nitrogens with one attached hydrogen (secondary N) is 1. The van der Waals surface area contributed by atoms with E-state index in [1.54, 1.807) is 13.1 Å². The zero-order chi connectivity index (χ0) is 13.8. The number of benzene rings is 1. The van der Waals surface area contributed by atoms with Gasteiger partial charge in [-0.25, -0.2) is 4.79 Å². The Kier molecular flexibility index (Phi) is 4.16. The van der Waals surface area contributed by atoms with Gasteiger partial charge in [-0.15, -0.1) is 0 Å². The second kappa shape index (κ2) is 5.84. The van der Waals surface area contributed by atoms with Crippen molar-refractivity contribution in [3.63, 3.8) is 0 Å². The molecule has 0 atom stereocenters. The standard InChI is InChI=1S/C14H15NO3S/c1-3-17-9-5-6-10-12(7-9)15-8-11(13(10)19)14(16)18-4-2/h5-8H,3-4H2,1-2H3,(H,15,19). The lowest BCUT2D eigenvalue weighted by atomic mass is 10.1. The largest absolute Gasteiger partial charge is 0.494 e. The monoisotopic (exact) mass is 277 g/mol. The van der Waals surface area contributed by atoms with E-state index in [0.717, 1.165) is 16.7 Å². The highest BCUT2D eigenvalue weighted by Gasteiger charge is 2.11. The van der Waals surface area contributed by atoms with Crippen LogP contribution >= 0.6 is 12.2 Å².